The molecular weight excluding hydrogens is 316 g/mol. The zero-order valence-electron chi connectivity index (χ0n) is 15.6. The summed E-state index contributed by atoms with van der Waals surface area (Å²) in [4.78, 5) is 16.0. The topological polar surface area (TPSA) is 53.4 Å². The molecule has 0 N–H and O–H groups in total. The Morgan fingerprint density at radius 2 is 1.96 bits per heavy atom. The lowest BCUT2D eigenvalue weighted by Crippen LogP contribution is -2.37. The molecule has 2 rings (SSSR count). The van der Waals surface area contributed by atoms with Crippen molar-refractivity contribution in [3.8, 4) is 5.75 Å². The normalized spacial score (nSPS) is 12.6. The molecule has 0 aliphatic carbocycles. The molecule has 5 nitrogen and oxygen atoms in total. The Kier molecular flexibility index (Phi) is 6.62. The first-order chi connectivity index (χ1) is 11.9. The summed E-state index contributed by atoms with van der Waals surface area (Å²) < 4.78 is 12.8. The maximum absolute atomic E-state index is 12.2. The Balaban J connectivity index is 1.94. The quantitative estimate of drug-likeness (QED) is 0.730. The fourth-order valence-electron chi connectivity index (χ4n) is 2.32. The van der Waals surface area contributed by atoms with Crippen molar-refractivity contribution in [1.82, 2.24) is 9.55 Å². The van der Waals surface area contributed by atoms with Crippen LogP contribution < -0.4 is 4.74 Å². The van der Waals surface area contributed by atoms with Crippen LogP contribution in [0.2, 0.25) is 0 Å². The van der Waals surface area contributed by atoms with Gasteiger partial charge in [-0.2, -0.15) is 0 Å². The standard InChI is InChI=1S/C20H28N2O3/c1-5-6-7-16-8-10-17(11-9-16)24-14-18(20(2,3)4)25-19(23)22-13-12-21-15-22/h8-13,15,18H,5-7,14H2,1-4H3. The van der Waals surface area contributed by atoms with E-state index in [0.717, 1.165) is 12.2 Å². The van der Waals surface area contributed by atoms with Crippen LogP contribution in [-0.2, 0) is 11.2 Å². The molecule has 0 bridgehead atoms. The Morgan fingerprint density at radius 1 is 1.24 bits per heavy atom. The van der Waals surface area contributed by atoms with E-state index in [1.165, 1.54) is 29.3 Å². The summed E-state index contributed by atoms with van der Waals surface area (Å²) in [6, 6.07) is 8.13. The first-order valence-corrected chi connectivity index (χ1v) is 8.81. The summed E-state index contributed by atoms with van der Waals surface area (Å²) >= 11 is 0. The molecule has 0 spiro atoms. The van der Waals surface area contributed by atoms with Gasteiger partial charge < -0.3 is 9.47 Å². The van der Waals surface area contributed by atoms with Crippen molar-refractivity contribution in [2.45, 2.75) is 53.1 Å². The number of nitrogens with zero attached hydrogens (tertiary/aromatic N) is 2. The van der Waals surface area contributed by atoms with E-state index >= 15 is 0 Å². The fourth-order valence-corrected chi connectivity index (χ4v) is 2.32. The van der Waals surface area contributed by atoms with Crippen LogP contribution in [0.5, 0.6) is 5.75 Å². The van der Waals surface area contributed by atoms with E-state index in [9.17, 15) is 4.79 Å². The predicted octanol–water partition coefficient (Wildman–Crippen LogP) is 4.70. The predicted molar refractivity (Wildman–Crippen MR) is 97.9 cm³/mol. The van der Waals surface area contributed by atoms with Gasteiger partial charge in [0.15, 0.2) is 0 Å². The summed E-state index contributed by atoms with van der Waals surface area (Å²) in [5, 5.41) is 0. The lowest BCUT2D eigenvalue weighted by Gasteiger charge is -2.30. The molecule has 0 saturated carbocycles. The van der Waals surface area contributed by atoms with Crippen LogP contribution in [0.1, 0.15) is 46.1 Å². The minimum absolute atomic E-state index is 0.239. The number of aromatic nitrogens is 2. The number of aryl methyl sites for hydroxylation is 1. The van der Waals surface area contributed by atoms with Gasteiger partial charge in [0.25, 0.3) is 0 Å². The largest absolute Gasteiger partial charge is 0.490 e. The average molecular weight is 344 g/mol. The van der Waals surface area contributed by atoms with Crippen LogP contribution in [-0.4, -0.2) is 28.4 Å². The minimum atomic E-state index is -0.448. The fraction of sp³-hybridized carbons (Fsp3) is 0.500. The van der Waals surface area contributed by atoms with Gasteiger partial charge >= 0.3 is 6.09 Å². The first kappa shape index (κ1) is 19.0. The van der Waals surface area contributed by atoms with Crippen molar-refractivity contribution in [2.24, 2.45) is 5.41 Å². The molecule has 1 heterocycles. The summed E-state index contributed by atoms with van der Waals surface area (Å²) in [7, 11) is 0. The molecule has 0 radical (unpaired) electrons. The number of hydrogen-bond acceptors (Lipinski definition) is 4. The number of carbonyl (C=O) groups excluding carboxylic acids is 1. The van der Waals surface area contributed by atoms with E-state index in [0.29, 0.717) is 6.61 Å². The van der Waals surface area contributed by atoms with Gasteiger partial charge in [-0.3, -0.25) is 0 Å². The maximum Gasteiger partial charge on any atom is 0.419 e. The number of ether oxygens (including phenoxy) is 2. The molecule has 1 unspecified atom stereocenters. The van der Waals surface area contributed by atoms with Gasteiger partial charge in [-0.1, -0.05) is 46.2 Å². The smallest absolute Gasteiger partial charge is 0.419 e. The zero-order valence-corrected chi connectivity index (χ0v) is 15.6. The molecule has 0 aliphatic rings. The molecule has 1 aromatic heterocycles. The first-order valence-electron chi connectivity index (χ1n) is 8.81. The molecule has 1 atom stereocenters. The highest BCUT2D eigenvalue weighted by Crippen LogP contribution is 2.24. The van der Waals surface area contributed by atoms with Gasteiger partial charge in [0.05, 0.1) is 0 Å². The molecule has 0 amide bonds. The van der Waals surface area contributed by atoms with Crippen molar-refractivity contribution in [3.63, 3.8) is 0 Å². The summed E-state index contributed by atoms with van der Waals surface area (Å²) in [6.45, 7) is 8.57. The van der Waals surface area contributed by atoms with E-state index in [2.05, 4.69) is 24.0 Å². The number of imidazole rings is 1. The number of rotatable bonds is 7. The second-order valence-corrected chi connectivity index (χ2v) is 7.27. The molecule has 0 fully saturated rings. The van der Waals surface area contributed by atoms with Crippen molar-refractivity contribution in [1.29, 1.82) is 0 Å². The lowest BCUT2D eigenvalue weighted by molar-refractivity contribution is 0.00209. The maximum atomic E-state index is 12.2. The van der Waals surface area contributed by atoms with Gasteiger partial charge in [-0.05, 0) is 30.5 Å². The van der Waals surface area contributed by atoms with Crippen LogP contribution >= 0.6 is 0 Å². The molecular formula is C20H28N2O3. The molecule has 0 saturated heterocycles. The van der Waals surface area contributed by atoms with E-state index < -0.39 is 6.09 Å². The third kappa shape index (κ3) is 5.93. The second-order valence-electron chi connectivity index (χ2n) is 7.27. The Bertz CT molecular complexity index is 643. The zero-order chi connectivity index (χ0) is 18.3. The van der Waals surface area contributed by atoms with Crippen molar-refractivity contribution in [3.05, 3.63) is 48.5 Å². The number of unbranched alkanes of at least 4 members (excludes halogenated alkanes) is 1. The van der Waals surface area contributed by atoms with Gasteiger partial charge in [-0.25, -0.2) is 14.3 Å². The summed E-state index contributed by atoms with van der Waals surface area (Å²) in [5.41, 5.74) is 1.07. The van der Waals surface area contributed by atoms with Crippen molar-refractivity contribution >= 4 is 6.09 Å². The summed E-state index contributed by atoms with van der Waals surface area (Å²) in [5.74, 6) is 0.785. The number of hydrogen-bond donors (Lipinski definition) is 0. The average Bonchev–Trinajstić information content (AvgIpc) is 3.11. The molecule has 5 heteroatoms. The van der Waals surface area contributed by atoms with Gasteiger partial charge in [0, 0.05) is 17.8 Å². The Labute approximate surface area is 150 Å². The SMILES string of the molecule is CCCCc1ccc(OCC(OC(=O)n2ccnc2)C(C)(C)C)cc1. The van der Waals surface area contributed by atoms with Crippen LogP contribution in [0.4, 0.5) is 4.79 Å². The summed E-state index contributed by atoms with van der Waals surface area (Å²) in [6.07, 6.45) is 7.19. The monoisotopic (exact) mass is 344 g/mol. The van der Waals surface area contributed by atoms with Crippen molar-refractivity contribution in [2.75, 3.05) is 6.61 Å². The van der Waals surface area contributed by atoms with E-state index in [-0.39, 0.29) is 11.5 Å². The minimum Gasteiger partial charge on any atom is -0.490 e. The molecule has 1 aromatic carbocycles. The van der Waals surface area contributed by atoms with Crippen LogP contribution in [0.3, 0.4) is 0 Å². The van der Waals surface area contributed by atoms with Gasteiger partial charge in [0.1, 0.15) is 24.8 Å². The van der Waals surface area contributed by atoms with Crippen molar-refractivity contribution < 1.29 is 14.3 Å². The molecule has 2 aromatic rings. The van der Waals surface area contributed by atoms with E-state index in [1.54, 1.807) is 12.4 Å². The molecule has 25 heavy (non-hydrogen) atoms. The molecule has 0 aliphatic heterocycles. The lowest BCUT2D eigenvalue weighted by atomic mass is 9.89. The third-order valence-electron chi connectivity index (χ3n) is 4.07. The Morgan fingerprint density at radius 3 is 2.52 bits per heavy atom. The van der Waals surface area contributed by atoms with E-state index in [4.69, 9.17) is 9.47 Å². The number of benzene rings is 1. The highest BCUT2D eigenvalue weighted by Gasteiger charge is 2.29. The van der Waals surface area contributed by atoms with Crippen LogP contribution in [0, 0.1) is 5.41 Å². The van der Waals surface area contributed by atoms with Crippen LogP contribution in [0.15, 0.2) is 43.0 Å². The second kappa shape index (κ2) is 8.70. The highest BCUT2D eigenvalue weighted by atomic mass is 16.6. The van der Waals surface area contributed by atoms with Crippen LogP contribution in [0.25, 0.3) is 0 Å². The Hall–Kier alpha value is -2.30. The van der Waals surface area contributed by atoms with Gasteiger partial charge in [0.2, 0.25) is 0 Å². The highest BCUT2D eigenvalue weighted by molar-refractivity contribution is 5.70. The van der Waals surface area contributed by atoms with E-state index in [1.807, 2.05) is 32.9 Å². The van der Waals surface area contributed by atoms with Gasteiger partial charge in [-0.15, -0.1) is 0 Å². The number of carbonyl (C=O) groups is 1. The molecule has 136 valence electrons. The third-order valence-corrected chi connectivity index (χ3v) is 4.07.